The number of rotatable bonds is 12. The molecule has 208 valence electrons. The lowest BCUT2D eigenvalue weighted by Gasteiger charge is -2.34. The van der Waals surface area contributed by atoms with Crippen molar-refractivity contribution in [2.75, 3.05) is 20.3 Å². The van der Waals surface area contributed by atoms with Gasteiger partial charge in [-0.25, -0.2) is 4.79 Å². The summed E-state index contributed by atoms with van der Waals surface area (Å²) in [6.07, 6.45) is 19.3. The van der Waals surface area contributed by atoms with Gasteiger partial charge in [0.1, 0.15) is 5.76 Å². The van der Waals surface area contributed by atoms with Gasteiger partial charge in [0.25, 0.3) is 0 Å². The Morgan fingerprint density at radius 2 is 1.86 bits per heavy atom. The van der Waals surface area contributed by atoms with E-state index < -0.39 is 0 Å². The van der Waals surface area contributed by atoms with Gasteiger partial charge in [0.2, 0.25) is 0 Å². The van der Waals surface area contributed by atoms with Gasteiger partial charge in [-0.15, -0.1) is 6.58 Å². The molecule has 0 aromatic carbocycles. The van der Waals surface area contributed by atoms with Crippen molar-refractivity contribution < 1.29 is 28.5 Å². The van der Waals surface area contributed by atoms with Crippen LogP contribution in [0.3, 0.4) is 0 Å². The summed E-state index contributed by atoms with van der Waals surface area (Å²) in [5.74, 6) is 2.35. The maximum absolute atomic E-state index is 12.0. The maximum Gasteiger partial charge on any atom is 0.330 e. The summed E-state index contributed by atoms with van der Waals surface area (Å²) in [5.41, 5.74) is 1.19. The Morgan fingerprint density at radius 1 is 1.11 bits per heavy atom. The molecule has 2 aliphatic carbocycles. The van der Waals surface area contributed by atoms with Crippen molar-refractivity contribution in [3.8, 4) is 0 Å². The zero-order valence-corrected chi connectivity index (χ0v) is 23.0. The summed E-state index contributed by atoms with van der Waals surface area (Å²) in [6.45, 7) is 7.72. The second-order valence-corrected chi connectivity index (χ2v) is 11.5. The van der Waals surface area contributed by atoms with Crippen molar-refractivity contribution in [3.05, 3.63) is 36.1 Å². The standard InChI is InChI=1S/C31H48O6/c1-4-5-6-11-22(2)14-15-26(36-29-12-7-9-16-34-29)31-25-19-23(20-28(32)33-3)18-24(25)21-27(31)37-30-13-8-10-17-35-30/h4,15,20,22,24-25,27,29-31H,1,5-14,16-19,21H2,2-3H3/t22?,24-,25-,27-,29?,30?,31+/m1/s1. The fraction of sp³-hybridized carbons (Fsp3) is 0.774. The van der Waals surface area contributed by atoms with E-state index in [1.807, 2.05) is 6.08 Å². The van der Waals surface area contributed by atoms with Crippen LogP contribution in [0.1, 0.15) is 90.4 Å². The predicted molar refractivity (Wildman–Crippen MR) is 143 cm³/mol. The number of hydrogen-bond acceptors (Lipinski definition) is 6. The van der Waals surface area contributed by atoms with Crippen LogP contribution in [0, 0.1) is 23.7 Å². The highest BCUT2D eigenvalue weighted by Crippen LogP contribution is 2.54. The summed E-state index contributed by atoms with van der Waals surface area (Å²) in [5, 5.41) is 0. The molecule has 4 rings (SSSR count). The van der Waals surface area contributed by atoms with Gasteiger partial charge < -0.3 is 23.7 Å². The molecule has 2 saturated carbocycles. The van der Waals surface area contributed by atoms with Crippen molar-refractivity contribution in [2.24, 2.45) is 23.7 Å². The third-order valence-electron chi connectivity index (χ3n) is 8.57. The first-order valence-electron chi connectivity index (χ1n) is 14.7. The monoisotopic (exact) mass is 516 g/mol. The van der Waals surface area contributed by atoms with Gasteiger partial charge in [-0.2, -0.15) is 0 Å². The fourth-order valence-electron chi connectivity index (χ4n) is 6.60. The van der Waals surface area contributed by atoms with Crippen LogP contribution in [0.25, 0.3) is 0 Å². The van der Waals surface area contributed by atoms with E-state index in [1.54, 1.807) is 6.08 Å². The Kier molecular flexibility index (Phi) is 11.1. The van der Waals surface area contributed by atoms with Crippen LogP contribution in [-0.2, 0) is 28.5 Å². The minimum Gasteiger partial charge on any atom is -0.469 e. The Bertz CT molecular complexity index is 792. The summed E-state index contributed by atoms with van der Waals surface area (Å²) in [7, 11) is 1.45. The minimum absolute atomic E-state index is 0.0590. The van der Waals surface area contributed by atoms with E-state index in [-0.39, 0.29) is 30.6 Å². The van der Waals surface area contributed by atoms with Gasteiger partial charge in [0.15, 0.2) is 12.6 Å². The topological polar surface area (TPSA) is 63.2 Å². The highest BCUT2D eigenvalue weighted by Gasteiger charge is 2.51. The van der Waals surface area contributed by atoms with E-state index in [0.717, 1.165) is 89.6 Å². The van der Waals surface area contributed by atoms with Gasteiger partial charge in [-0.1, -0.05) is 25.0 Å². The van der Waals surface area contributed by atoms with Crippen LogP contribution >= 0.6 is 0 Å². The fourth-order valence-corrected chi connectivity index (χ4v) is 6.60. The van der Waals surface area contributed by atoms with Gasteiger partial charge in [-0.3, -0.25) is 0 Å². The lowest BCUT2D eigenvalue weighted by Crippen LogP contribution is -2.34. The van der Waals surface area contributed by atoms with Gasteiger partial charge >= 0.3 is 5.97 Å². The molecule has 37 heavy (non-hydrogen) atoms. The predicted octanol–water partition coefficient (Wildman–Crippen LogP) is 6.85. The number of methoxy groups -OCH3 is 1. The Morgan fingerprint density at radius 3 is 2.54 bits per heavy atom. The maximum atomic E-state index is 12.0. The number of allylic oxidation sites excluding steroid dienone is 3. The van der Waals surface area contributed by atoms with Crippen LogP contribution < -0.4 is 0 Å². The molecule has 4 aliphatic rings. The Hall–Kier alpha value is -1.63. The van der Waals surface area contributed by atoms with Crippen LogP contribution in [0.2, 0.25) is 0 Å². The smallest absolute Gasteiger partial charge is 0.330 e. The van der Waals surface area contributed by atoms with Crippen molar-refractivity contribution in [1.82, 2.24) is 0 Å². The number of hydrogen-bond donors (Lipinski definition) is 0. The van der Waals surface area contributed by atoms with Crippen molar-refractivity contribution in [3.63, 3.8) is 0 Å². The molecule has 2 saturated heterocycles. The van der Waals surface area contributed by atoms with Crippen LogP contribution in [0.15, 0.2) is 36.1 Å². The van der Waals surface area contributed by atoms with Crippen LogP contribution in [0.5, 0.6) is 0 Å². The van der Waals surface area contributed by atoms with Gasteiger partial charge in [0.05, 0.1) is 19.8 Å². The van der Waals surface area contributed by atoms with Crippen molar-refractivity contribution in [1.29, 1.82) is 0 Å². The molecular formula is C31H48O6. The highest BCUT2D eigenvalue weighted by molar-refractivity contribution is 5.82. The van der Waals surface area contributed by atoms with E-state index in [9.17, 15) is 4.79 Å². The number of carbonyl (C=O) groups excluding carboxylic acids is 1. The van der Waals surface area contributed by atoms with Crippen molar-refractivity contribution >= 4 is 5.97 Å². The molecule has 6 nitrogen and oxygen atoms in total. The average molecular weight is 517 g/mol. The molecule has 3 unspecified atom stereocenters. The molecule has 0 N–H and O–H groups in total. The third-order valence-corrected chi connectivity index (χ3v) is 8.57. The first kappa shape index (κ1) is 28.4. The zero-order chi connectivity index (χ0) is 26.0. The van der Waals surface area contributed by atoms with E-state index >= 15 is 0 Å². The molecule has 0 amide bonds. The SMILES string of the molecule is C=CCCCC(C)CC=C(OC1CCCCO1)[C@@H]1[C@@H]2CC(=CC(=O)OC)C[C@@H]2C[C@H]1OC1CCCCO1. The van der Waals surface area contributed by atoms with E-state index in [4.69, 9.17) is 23.7 Å². The van der Waals surface area contributed by atoms with Crippen molar-refractivity contribution in [2.45, 2.75) is 109 Å². The van der Waals surface area contributed by atoms with Crippen LogP contribution in [-0.4, -0.2) is 45.0 Å². The Balaban J connectivity index is 1.55. The van der Waals surface area contributed by atoms with E-state index in [0.29, 0.717) is 17.8 Å². The third kappa shape index (κ3) is 8.18. The molecule has 0 radical (unpaired) electrons. The molecular weight excluding hydrogens is 468 g/mol. The zero-order valence-electron chi connectivity index (χ0n) is 23.0. The molecule has 0 spiro atoms. The average Bonchev–Trinajstić information content (AvgIpc) is 3.44. The quantitative estimate of drug-likeness (QED) is 0.0929. The number of carbonyl (C=O) groups is 1. The normalized spacial score (nSPS) is 34.2. The molecule has 2 heterocycles. The van der Waals surface area contributed by atoms with E-state index in [1.165, 1.54) is 25.5 Å². The number of unbranched alkanes of at least 4 members (excludes halogenated alkanes) is 1. The molecule has 6 heteroatoms. The molecule has 0 bridgehead atoms. The number of fused-ring (bicyclic) bond motifs is 1. The molecule has 0 aromatic rings. The first-order valence-corrected chi connectivity index (χ1v) is 14.7. The summed E-state index contributed by atoms with van der Waals surface area (Å²) < 4.78 is 30.3. The highest BCUT2D eigenvalue weighted by atomic mass is 16.7. The lowest BCUT2D eigenvalue weighted by atomic mass is 9.88. The summed E-state index contributed by atoms with van der Waals surface area (Å²) in [4.78, 5) is 12.0. The van der Waals surface area contributed by atoms with Crippen LogP contribution in [0.4, 0.5) is 0 Å². The molecule has 2 aliphatic heterocycles. The second kappa shape index (κ2) is 14.5. The number of ether oxygens (including phenoxy) is 5. The van der Waals surface area contributed by atoms with Gasteiger partial charge in [0, 0.05) is 25.0 Å². The Labute approximate surface area is 223 Å². The summed E-state index contributed by atoms with van der Waals surface area (Å²) >= 11 is 0. The largest absolute Gasteiger partial charge is 0.469 e. The lowest BCUT2D eigenvalue weighted by molar-refractivity contribution is -0.201. The molecule has 4 fully saturated rings. The second-order valence-electron chi connectivity index (χ2n) is 11.5. The number of esters is 1. The minimum atomic E-state index is -0.258. The first-order chi connectivity index (χ1) is 18.1. The summed E-state index contributed by atoms with van der Waals surface area (Å²) in [6, 6.07) is 0. The molecule has 7 atom stereocenters. The molecule has 0 aromatic heterocycles. The van der Waals surface area contributed by atoms with E-state index in [2.05, 4.69) is 19.6 Å². The van der Waals surface area contributed by atoms with Gasteiger partial charge in [-0.05, 0) is 94.5 Å².